The zero-order valence-electron chi connectivity index (χ0n) is 15.8. The van der Waals surface area contributed by atoms with Gasteiger partial charge in [0.05, 0.1) is 5.92 Å². The predicted octanol–water partition coefficient (Wildman–Crippen LogP) is 1.86. The molecule has 1 saturated heterocycles. The van der Waals surface area contributed by atoms with Gasteiger partial charge in [0.25, 0.3) is 10.2 Å². The van der Waals surface area contributed by atoms with E-state index in [1.807, 2.05) is 12.1 Å². The second-order valence-electron chi connectivity index (χ2n) is 6.76. The Kier molecular flexibility index (Phi) is 7.94. The van der Waals surface area contributed by atoms with Crippen molar-refractivity contribution < 1.29 is 13.2 Å². The van der Waals surface area contributed by atoms with Gasteiger partial charge in [-0.1, -0.05) is 24.3 Å². The largest absolute Gasteiger partial charge is 0.355 e. The number of thioether (sulfide) groups is 1. The molecule has 0 bridgehead atoms. The first-order chi connectivity index (χ1) is 12.3. The van der Waals surface area contributed by atoms with Gasteiger partial charge in [-0.2, -0.15) is 28.8 Å². The molecule has 1 amide bonds. The normalized spacial score (nSPS) is 18.8. The van der Waals surface area contributed by atoms with Crippen molar-refractivity contribution in [2.75, 3.05) is 39.5 Å². The van der Waals surface area contributed by atoms with Crippen molar-refractivity contribution in [3.05, 3.63) is 35.4 Å². The number of nitrogens with zero attached hydrogens (tertiary/aromatic N) is 2. The minimum absolute atomic E-state index is 0.0415. The molecule has 0 aliphatic carbocycles. The van der Waals surface area contributed by atoms with Crippen LogP contribution in [0.4, 0.5) is 0 Å². The Bertz CT molecular complexity index is 707. The molecule has 26 heavy (non-hydrogen) atoms. The lowest BCUT2D eigenvalue weighted by Gasteiger charge is -2.32. The van der Waals surface area contributed by atoms with E-state index in [4.69, 9.17) is 0 Å². The van der Waals surface area contributed by atoms with Crippen LogP contribution in [-0.4, -0.2) is 62.4 Å². The Morgan fingerprint density at radius 3 is 2.77 bits per heavy atom. The van der Waals surface area contributed by atoms with Crippen LogP contribution in [0.5, 0.6) is 0 Å². The summed E-state index contributed by atoms with van der Waals surface area (Å²) >= 11 is 1.79. The zero-order chi connectivity index (χ0) is 19.2. The second-order valence-corrected chi connectivity index (χ2v) is 10.0. The summed E-state index contributed by atoms with van der Waals surface area (Å²) in [6, 6.07) is 8.31. The van der Waals surface area contributed by atoms with Crippen LogP contribution in [0.1, 0.15) is 24.0 Å². The maximum Gasteiger partial charge on any atom is 0.281 e. The molecule has 1 aliphatic rings. The summed E-state index contributed by atoms with van der Waals surface area (Å²) in [5.74, 6) is 1.47. The van der Waals surface area contributed by atoms with E-state index in [2.05, 4.69) is 24.4 Å². The molecule has 2 rings (SSSR count). The van der Waals surface area contributed by atoms with Crippen LogP contribution in [0.2, 0.25) is 0 Å². The summed E-state index contributed by atoms with van der Waals surface area (Å²) in [5, 5.41) is 2.96. The quantitative estimate of drug-likeness (QED) is 0.678. The molecule has 1 atom stereocenters. The van der Waals surface area contributed by atoms with Crippen molar-refractivity contribution in [2.24, 2.45) is 5.92 Å². The SMILES string of the molecule is Cc1ccccc1CSCCNC(=O)C1CCCN(S(=O)(=O)N(C)C)C1. The third-order valence-electron chi connectivity index (χ3n) is 4.61. The highest BCUT2D eigenvalue weighted by molar-refractivity contribution is 7.98. The molecule has 1 aromatic carbocycles. The third kappa shape index (κ3) is 5.70. The van der Waals surface area contributed by atoms with Crippen LogP contribution in [-0.2, 0) is 20.8 Å². The molecule has 146 valence electrons. The maximum atomic E-state index is 12.4. The maximum absolute atomic E-state index is 12.4. The number of aryl methyl sites for hydroxylation is 1. The van der Waals surface area contributed by atoms with E-state index in [1.54, 1.807) is 11.8 Å². The molecule has 0 radical (unpaired) electrons. The third-order valence-corrected chi connectivity index (χ3v) is 7.52. The number of carbonyl (C=O) groups is 1. The smallest absolute Gasteiger partial charge is 0.281 e. The molecule has 1 aromatic rings. The number of hydrogen-bond donors (Lipinski definition) is 1. The van der Waals surface area contributed by atoms with Crippen molar-refractivity contribution >= 4 is 27.9 Å². The van der Waals surface area contributed by atoms with Crippen LogP contribution >= 0.6 is 11.8 Å². The predicted molar refractivity (Wildman–Crippen MR) is 107 cm³/mol. The highest BCUT2D eigenvalue weighted by Crippen LogP contribution is 2.20. The van der Waals surface area contributed by atoms with E-state index < -0.39 is 10.2 Å². The molecule has 1 unspecified atom stereocenters. The monoisotopic (exact) mass is 399 g/mol. The lowest BCUT2D eigenvalue weighted by atomic mass is 9.99. The van der Waals surface area contributed by atoms with Gasteiger partial charge in [0.2, 0.25) is 5.91 Å². The van der Waals surface area contributed by atoms with Crippen molar-refractivity contribution in [2.45, 2.75) is 25.5 Å². The van der Waals surface area contributed by atoms with Crippen molar-refractivity contribution in [3.8, 4) is 0 Å². The van der Waals surface area contributed by atoms with Crippen LogP contribution in [0.25, 0.3) is 0 Å². The van der Waals surface area contributed by atoms with Crippen molar-refractivity contribution in [1.29, 1.82) is 0 Å². The Balaban J connectivity index is 1.73. The first-order valence-electron chi connectivity index (χ1n) is 8.90. The van der Waals surface area contributed by atoms with Gasteiger partial charge in [-0.05, 0) is 30.9 Å². The minimum Gasteiger partial charge on any atom is -0.355 e. The highest BCUT2D eigenvalue weighted by Gasteiger charge is 2.33. The molecule has 8 heteroatoms. The summed E-state index contributed by atoms with van der Waals surface area (Å²) < 4.78 is 27.1. The van der Waals surface area contributed by atoms with Crippen molar-refractivity contribution in [1.82, 2.24) is 13.9 Å². The van der Waals surface area contributed by atoms with Crippen LogP contribution in [0, 0.1) is 12.8 Å². The van der Waals surface area contributed by atoms with E-state index in [0.717, 1.165) is 17.9 Å². The second kappa shape index (κ2) is 9.73. The fraction of sp³-hybridized carbons (Fsp3) is 0.611. The molecule has 0 aromatic heterocycles. The van der Waals surface area contributed by atoms with Gasteiger partial charge in [0, 0.05) is 45.2 Å². The molecule has 6 nitrogen and oxygen atoms in total. The van der Waals surface area contributed by atoms with E-state index in [-0.39, 0.29) is 18.4 Å². The number of amides is 1. The summed E-state index contributed by atoms with van der Waals surface area (Å²) in [6.45, 7) is 3.46. The van der Waals surface area contributed by atoms with Gasteiger partial charge in [0.1, 0.15) is 0 Å². The standard InChI is InChI=1S/C18H29N3O3S2/c1-15-7-4-5-8-17(15)14-25-12-10-19-18(22)16-9-6-11-21(13-16)26(23,24)20(2)3/h4-5,7-8,16H,6,9-14H2,1-3H3,(H,19,22). The van der Waals surface area contributed by atoms with Gasteiger partial charge < -0.3 is 5.32 Å². The molecule has 0 saturated carbocycles. The summed E-state index contributed by atoms with van der Waals surface area (Å²) in [5.41, 5.74) is 2.61. The molecule has 1 aliphatic heterocycles. The minimum atomic E-state index is -3.45. The lowest BCUT2D eigenvalue weighted by molar-refractivity contribution is -0.125. The first kappa shape index (κ1) is 21.2. The average molecular weight is 400 g/mol. The number of rotatable bonds is 8. The summed E-state index contributed by atoms with van der Waals surface area (Å²) in [6.07, 6.45) is 1.45. The fourth-order valence-electron chi connectivity index (χ4n) is 2.94. The number of carbonyl (C=O) groups excluding carboxylic acids is 1. The van der Waals surface area contributed by atoms with E-state index in [1.165, 1.54) is 33.8 Å². The first-order valence-corrected chi connectivity index (χ1v) is 11.4. The summed E-state index contributed by atoms with van der Waals surface area (Å²) in [7, 11) is -0.411. The Morgan fingerprint density at radius 2 is 2.08 bits per heavy atom. The Hall–Kier alpha value is -1.09. The molecule has 1 heterocycles. The molecule has 0 spiro atoms. The average Bonchev–Trinajstić information content (AvgIpc) is 2.62. The molecule has 1 N–H and O–H groups in total. The fourth-order valence-corrected chi connectivity index (χ4v) is 5.07. The lowest BCUT2D eigenvalue weighted by Crippen LogP contribution is -2.49. The molecular weight excluding hydrogens is 370 g/mol. The van der Waals surface area contributed by atoms with Crippen molar-refractivity contribution in [3.63, 3.8) is 0 Å². The number of benzene rings is 1. The van der Waals surface area contributed by atoms with E-state index in [0.29, 0.717) is 19.5 Å². The molecular formula is C18H29N3O3S2. The topological polar surface area (TPSA) is 69.7 Å². The Morgan fingerprint density at radius 1 is 1.35 bits per heavy atom. The Labute approximate surface area is 161 Å². The van der Waals surface area contributed by atoms with Gasteiger partial charge in [-0.15, -0.1) is 0 Å². The highest BCUT2D eigenvalue weighted by atomic mass is 32.2. The van der Waals surface area contributed by atoms with Crippen LogP contribution in [0.3, 0.4) is 0 Å². The number of nitrogens with one attached hydrogen (secondary N) is 1. The summed E-state index contributed by atoms with van der Waals surface area (Å²) in [4.78, 5) is 12.4. The van der Waals surface area contributed by atoms with Crippen LogP contribution < -0.4 is 5.32 Å². The van der Waals surface area contributed by atoms with E-state index in [9.17, 15) is 13.2 Å². The van der Waals surface area contributed by atoms with Gasteiger partial charge >= 0.3 is 0 Å². The van der Waals surface area contributed by atoms with Gasteiger partial charge in [-0.25, -0.2) is 0 Å². The van der Waals surface area contributed by atoms with Gasteiger partial charge in [-0.3, -0.25) is 4.79 Å². The number of hydrogen-bond acceptors (Lipinski definition) is 4. The zero-order valence-corrected chi connectivity index (χ0v) is 17.4. The molecule has 1 fully saturated rings. The van der Waals surface area contributed by atoms with E-state index >= 15 is 0 Å². The van der Waals surface area contributed by atoms with Crippen LogP contribution in [0.15, 0.2) is 24.3 Å². The van der Waals surface area contributed by atoms with Gasteiger partial charge in [0.15, 0.2) is 0 Å². The number of piperidine rings is 1.